The van der Waals surface area contributed by atoms with E-state index in [1.807, 2.05) is 6.08 Å². The van der Waals surface area contributed by atoms with Crippen molar-refractivity contribution in [1.82, 2.24) is 5.32 Å². The van der Waals surface area contributed by atoms with Gasteiger partial charge in [0.1, 0.15) is 73.2 Å². The fraction of sp³-hybridized carbons (Fsp3) is 0.922. The van der Waals surface area contributed by atoms with Crippen LogP contribution in [0.1, 0.15) is 399 Å². The van der Waals surface area contributed by atoms with Gasteiger partial charge in [0, 0.05) is 6.42 Å². The molecule has 19 heteroatoms. The summed E-state index contributed by atoms with van der Waals surface area (Å²) in [4.78, 5) is 13.5. The zero-order chi connectivity index (χ0) is 78.8. The highest BCUT2D eigenvalue weighted by Gasteiger charge is 2.54. The van der Waals surface area contributed by atoms with E-state index in [-0.39, 0.29) is 18.9 Å². The van der Waals surface area contributed by atoms with E-state index in [2.05, 4.69) is 43.5 Å². The Morgan fingerprint density at radius 1 is 0.321 bits per heavy atom. The summed E-state index contributed by atoms with van der Waals surface area (Å²) in [5, 5.41) is 121. The summed E-state index contributed by atoms with van der Waals surface area (Å²) in [7, 11) is 0. The molecule has 0 bridgehead atoms. The third kappa shape index (κ3) is 49.0. The minimum Gasteiger partial charge on any atom is -0.394 e. The molecule has 3 rings (SSSR count). The Bertz CT molecular complexity index is 2100. The summed E-state index contributed by atoms with van der Waals surface area (Å²) in [6, 6.07) is -0.997. The van der Waals surface area contributed by atoms with Crippen molar-refractivity contribution in [3.8, 4) is 0 Å². The molecule has 1 amide bonds. The molecule has 3 fully saturated rings. The van der Waals surface area contributed by atoms with Crippen LogP contribution in [0.15, 0.2) is 36.5 Å². The van der Waals surface area contributed by atoms with E-state index in [0.29, 0.717) is 12.8 Å². The molecule has 17 atom stereocenters. The number of hydrogen-bond donors (Lipinski definition) is 12. The van der Waals surface area contributed by atoms with Crippen LogP contribution in [0.4, 0.5) is 0 Å². The summed E-state index contributed by atoms with van der Waals surface area (Å²) >= 11 is 0. The highest BCUT2D eigenvalue weighted by atomic mass is 16.8. The van der Waals surface area contributed by atoms with Crippen molar-refractivity contribution >= 4 is 5.91 Å². The lowest BCUT2D eigenvalue weighted by Crippen LogP contribution is -2.66. The van der Waals surface area contributed by atoms with Crippen molar-refractivity contribution in [2.75, 3.05) is 26.4 Å². The zero-order valence-corrected chi connectivity index (χ0v) is 69.3. The van der Waals surface area contributed by atoms with Gasteiger partial charge in [-0.15, -0.1) is 0 Å². The van der Waals surface area contributed by atoms with Gasteiger partial charge < -0.3 is 89.9 Å². The predicted octanol–water partition coefficient (Wildman–Crippen LogP) is 17.4. The molecule has 0 saturated carbocycles. The third-order valence-electron chi connectivity index (χ3n) is 22.9. The molecule has 3 aliphatic heterocycles. The van der Waals surface area contributed by atoms with Crippen LogP contribution >= 0.6 is 0 Å². The normalized spacial score (nSPS) is 25.4. The molecule has 3 heterocycles. The van der Waals surface area contributed by atoms with Gasteiger partial charge in [-0.1, -0.05) is 384 Å². The first-order chi connectivity index (χ1) is 53.3. The Morgan fingerprint density at radius 3 is 0.917 bits per heavy atom. The number of rotatable bonds is 75. The van der Waals surface area contributed by atoms with E-state index in [1.54, 1.807) is 6.08 Å². The molecule has 0 aliphatic carbocycles. The molecule has 0 aromatic rings. The summed E-state index contributed by atoms with van der Waals surface area (Å²) in [5.74, 6) is -0.281. The lowest BCUT2D eigenvalue weighted by Gasteiger charge is -2.48. The van der Waals surface area contributed by atoms with Gasteiger partial charge in [-0.25, -0.2) is 0 Å². The molecular weight excluding hydrogens is 1380 g/mol. The molecule has 0 radical (unpaired) electrons. The summed E-state index contributed by atoms with van der Waals surface area (Å²) in [6.45, 7) is 1.78. The third-order valence-corrected chi connectivity index (χ3v) is 22.9. The van der Waals surface area contributed by atoms with Gasteiger partial charge in [-0.05, 0) is 44.9 Å². The standard InChI is InChI=1S/C90H169NO18/c1-3-5-7-9-11-13-15-17-19-21-23-25-27-29-30-31-32-33-34-35-36-37-38-39-40-41-42-43-44-46-48-50-52-54-56-58-60-62-64-66-68-78(96)91-73(74(95)67-65-63-61-59-57-55-53-51-49-47-45-28-26-24-22-20-18-16-14-12-10-8-6-4-2)72-104-88-84(102)81(99)86(76(70-93)106-88)109-90-85(103)82(100)87(77(71-94)107-90)108-89-83(101)80(98)79(97)75(69-92)105-89/h49,51,57,59,65,67,73-77,79-90,92-95,97-103H,3-48,50,52-56,58,60-64,66,68-72H2,1-2H3,(H,91,96)/b51-49+,59-57+,67-65+. The second-order valence-corrected chi connectivity index (χ2v) is 32.8. The zero-order valence-electron chi connectivity index (χ0n) is 69.3. The van der Waals surface area contributed by atoms with Crippen molar-refractivity contribution in [3.63, 3.8) is 0 Å². The van der Waals surface area contributed by atoms with Gasteiger partial charge in [0.2, 0.25) is 5.91 Å². The molecule has 642 valence electrons. The molecule has 109 heavy (non-hydrogen) atoms. The maximum atomic E-state index is 13.5. The maximum Gasteiger partial charge on any atom is 0.220 e. The highest BCUT2D eigenvalue weighted by Crippen LogP contribution is 2.34. The largest absolute Gasteiger partial charge is 0.394 e. The van der Waals surface area contributed by atoms with Crippen LogP contribution in [-0.2, 0) is 33.2 Å². The number of allylic oxidation sites excluding steroid dienone is 5. The van der Waals surface area contributed by atoms with E-state index in [0.717, 1.165) is 44.9 Å². The Balaban J connectivity index is 1.30. The van der Waals surface area contributed by atoms with Gasteiger partial charge in [-0.3, -0.25) is 4.79 Å². The topological polar surface area (TPSA) is 307 Å². The molecule has 0 aromatic heterocycles. The maximum absolute atomic E-state index is 13.5. The molecule has 17 unspecified atom stereocenters. The Kier molecular flexibility index (Phi) is 65.2. The number of carbonyl (C=O) groups is 1. The van der Waals surface area contributed by atoms with E-state index >= 15 is 0 Å². The molecule has 19 nitrogen and oxygen atoms in total. The summed E-state index contributed by atoms with van der Waals surface area (Å²) in [5.41, 5.74) is 0. The van der Waals surface area contributed by atoms with E-state index in [4.69, 9.17) is 28.4 Å². The van der Waals surface area contributed by atoms with Crippen molar-refractivity contribution in [2.45, 2.75) is 503 Å². The number of hydrogen-bond acceptors (Lipinski definition) is 18. The predicted molar refractivity (Wildman–Crippen MR) is 439 cm³/mol. The van der Waals surface area contributed by atoms with Crippen molar-refractivity contribution < 1.29 is 89.4 Å². The van der Waals surface area contributed by atoms with Crippen LogP contribution < -0.4 is 5.32 Å². The minimum absolute atomic E-state index is 0.237. The van der Waals surface area contributed by atoms with Gasteiger partial charge in [0.15, 0.2) is 18.9 Å². The van der Waals surface area contributed by atoms with Gasteiger partial charge >= 0.3 is 0 Å². The number of aliphatic hydroxyl groups is 11. The smallest absolute Gasteiger partial charge is 0.220 e. The lowest BCUT2D eigenvalue weighted by atomic mass is 9.96. The van der Waals surface area contributed by atoms with Crippen LogP contribution in [0, 0.1) is 0 Å². The monoisotopic (exact) mass is 1550 g/mol. The molecule has 3 aliphatic rings. The van der Waals surface area contributed by atoms with Gasteiger partial charge in [0.25, 0.3) is 0 Å². The molecule has 0 spiro atoms. The Hall–Kier alpha value is -1.99. The van der Waals surface area contributed by atoms with Gasteiger partial charge in [-0.2, -0.15) is 0 Å². The molecule has 0 aromatic carbocycles. The number of amides is 1. The summed E-state index contributed by atoms with van der Waals surface area (Å²) in [6.07, 6.45) is 63.3. The quantitative estimate of drug-likeness (QED) is 0.0199. The molecule has 12 N–H and O–H groups in total. The molecule has 3 saturated heterocycles. The van der Waals surface area contributed by atoms with Crippen LogP contribution in [0.5, 0.6) is 0 Å². The van der Waals surface area contributed by atoms with Crippen molar-refractivity contribution in [1.29, 1.82) is 0 Å². The summed E-state index contributed by atoms with van der Waals surface area (Å²) < 4.78 is 34.5. The average molecular weight is 1550 g/mol. The number of nitrogens with one attached hydrogen (secondary N) is 1. The van der Waals surface area contributed by atoms with Crippen molar-refractivity contribution in [2.24, 2.45) is 0 Å². The fourth-order valence-electron chi connectivity index (χ4n) is 15.6. The van der Waals surface area contributed by atoms with E-state index in [9.17, 15) is 61.0 Å². The SMILES string of the molecule is CCCCCCCCCCCCCCCC/C=C/CC/C=C/CC/C=C/C(O)C(COC1OC(CO)C(OC2OC(CO)C(OC3OC(CO)C(O)C(O)C3O)C(O)C2O)C(O)C1O)NC(=O)CCCCCCCCCCCCCCCCCCCCCCCCCCCCCCCCCCCCCCCCCC. The first-order valence-corrected chi connectivity index (χ1v) is 45.7. The number of unbranched alkanes of at least 4 members (excludes halogenated alkanes) is 55. The Labute approximate surface area is 663 Å². The average Bonchev–Trinajstić information content (AvgIpc) is 0.762. The number of aliphatic hydroxyl groups excluding tert-OH is 11. The molecular formula is C90H169NO18. The van der Waals surface area contributed by atoms with Crippen LogP contribution in [0.3, 0.4) is 0 Å². The van der Waals surface area contributed by atoms with Crippen LogP contribution in [-0.4, -0.2) is 193 Å². The Morgan fingerprint density at radius 2 is 0.587 bits per heavy atom. The second kappa shape index (κ2) is 70.2. The fourth-order valence-corrected chi connectivity index (χ4v) is 15.6. The minimum atomic E-state index is -1.98. The highest BCUT2D eigenvalue weighted by molar-refractivity contribution is 5.76. The number of carbonyl (C=O) groups excluding carboxylic acids is 1. The van der Waals surface area contributed by atoms with Crippen LogP contribution in [0.25, 0.3) is 0 Å². The lowest BCUT2D eigenvalue weighted by molar-refractivity contribution is -0.379. The first kappa shape index (κ1) is 101. The van der Waals surface area contributed by atoms with E-state index < -0.39 is 124 Å². The number of ether oxygens (including phenoxy) is 6. The van der Waals surface area contributed by atoms with Gasteiger partial charge in [0.05, 0.1) is 38.6 Å². The second-order valence-electron chi connectivity index (χ2n) is 32.8. The van der Waals surface area contributed by atoms with Crippen LogP contribution in [0.2, 0.25) is 0 Å². The van der Waals surface area contributed by atoms with Crippen molar-refractivity contribution in [3.05, 3.63) is 36.5 Å². The van der Waals surface area contributed by atoms with E-state index in [1.165, 1.54) is 321 Å². The first-order valence-electron chi connectivity index (χ1n) is 45.7.